The molecule has 0 saturated carbocycles. The molecule has 1 aliphatic heterocycles. The molecule has 1 aromatic carbocycles. The van der Waals surface area contributed by atoms with Gasteiger partial charge in [0, 0.05) is 25.8 Å². The Kier molecular flexibility index (Phi) is 4.51. The first-order chi connectivity index (χ1) is 10.7. The van der Waals surface area contributed by atoms with Crippen molar-refractivity contribution in [1.82, 2.24) is 10.2 Å². The third-order valence-corrected chi connectivity index (χ3v) is 4.34. The minimum Gasteiger partial charge on any atom is -0.480 e. The van der Waals surface area contributed by atoms with E-state index in [0.717, 1.165) is 4.90 Å². The van der Waals surface area contributed by atoms with Gasteiger partial charge >= 0.3 is 12.0 Å². The van der Waals surface area contributed by atoms with Crippen molar-refractivity contribution in [2.24, 2.45) is 0 Å². The summed E-state index contributed by atoms with van der Waals surface area (Å²) in [5, 5.41) is 12.1. The van der Waals surface area contributed by atoms with Gasteiger partial charge in [-0.25, -0.2) is 9.59 Å². The molecule has 0 aromatic heterocycles. The van der Waals surface area contributed by atoms with E-state index >= 15 is 0 Å². The lowest BCUT2D eigenvalue weighted by molar-refractivity contribution is -0.147. The number of hydrogen-bond donors (Lipinski definition) is 2. The number of nitrogens with one attached hydrogen (secondary N) is 1. The molecule has 1 saturated heterocycles. The van der Waals surface area contributed by atoms with Gasteiger partial charge in [-0.3, -0.25) is 9.69 Å². The molecule has 1 heterocycles. The summed E-state index contributed by atoms with van der Waals surface area (Å²) in [4.78, 5) is 38.3. The van der Waals surface area contributed by atoms with Gasteiger partial charge in [0.25, 0.3) is 5.91 Å². The van der Waals surface area contributed by atoms with E-state index in [-0.39, 0.29) is 16.6 Å². The number of carbonyl (C=O) groups is 3. The predicted molar refractivity (Wildman–Crippen MR) is 86.0 cm³/mol. The van der Waals surface area contributed by atoms with E-state index < -0.39 is 17.4 Å². The minimum absolute atomic E-state index is 0.153. The summed E-state index contributed by atoms with van der Waals surface area (Å²) in [7, 11) is 1.40. The lowest BCUT2D eigenvalue weighted by atomic mass is 10.0. The number of likely N-dealkylation sites (N-methyl/N-ethyl adjacent to an activating group) is 1. The highest BCUT2D eigenvalue weighted by Crippen LogP contribution is 2.27. The van der Waals surface area contributed by atoms with Crippen molar-refractivity contribution in [2.45, 2.75) is 19.4 Å². The third kappa shape index (κ3) is 3.10. The van der Waals surface area contributed by atoms with Crippen molar-refractivity contribution in [3.05, 3.63) is 28.8 Å². The van der Waals surface area contributed by atoms with Gasteiger partial charge in [0.2, 0.25) is 0 Å². The average molecular weight is 340 g/mol. The lowest BCUT2D eigenvalue weighted by Crippen LogP contribution is -2.50. The highest BCUT2D eigenvalue weighted by molar-refractivity contribution is 6.34. The molecule has 0 bridgehead atoms. The Morgan fingerprint density at radius 2 is 2.04 bits per heavy atom. The van der Waals surface area contributed by atoms with Gasteiger partial charge in [0.1, 0.15) is 5.54 Å². The van der Waals surface area contributed by atoms with E-state index in [0.29, 0.717) is 18.8 Å². The Labute approximate surface area is 138 Å². The van der Waals surface area contributed by atoms with Crippen LogP contribution in [0.25, 0.3) is 0 Å². The van der Waals surface area contributed by atoms with Crippen LogP contribution in [0, 0.1) is 0 Å². The first kappa shape index (κ1) is 17.1. The molecule has 2 rings (SSSR count). The molecule has 2 N–H and O–H groups in total. The molecule has 23 heavy (non-hydrogen) atoms. The maximum Gasteiger partial charge on any atom is 0.329 e. The first-order valence-electron chi connectivity index (χ1n) is 7.02. The number of urea groups is 1. The van der Waals surface area contributed by atoms with Crippen LogP contribution in [0.2, 0.25) is 5.02 Å². The molecule has 7 nitrogen and oxygen atoms in total. The molecule has 0 aliphatic carbocycles. The zero-order valence-electron chi connectivity index (χ0n) is 13.1. The highest BCUT2D eigenvalue weighted by Gasteiger charge is 2.36. The van der Waals surface area contributed by atoms with E-state index in [2.05, 4.69) is 5.32 Å². The van der Waals surface area contributed by atoms with Crippen LogP contribution in [0.4, 0.5) is 10.5 Å². The topological polar surface area (TPSA) is 90.0 Å². The molecule has 0 unspecified atom stereocenters. The van der Waals surface area contributed by atoms with E-state index in [4.69, 9.17) is 11.6 Å². The SMILES string of the molecule is CN(C(=O)c1cc(N2CCNC2=O)ccc1Cl)C(C)(C)C(=O)O. The molecule has 1 aromatic rings. The Balaban J connectivity index is 2.37. The van der Waals surface area contributed by atoms with E-state index in [9.17, 15) is 19.5 Å². The molecule has 8 heteroatoms. The summed E-state index contributed by atoms with van der Waals surface area (Å²) in [6.45, 7) is 3.87. The van der Waals surface area contributed by atoms with Crippen LogP contribution in [-0.4, -0.2) is 53.6 Å². The second-order valence-corrected chi connectivity index (χ2v) is 6.18. The van der Waals surface area contributed by atoms with Crippen LogP contribution in [-0.2, 0) is 4.79 Å². The molecule has 1 fully saturated rings. The molecule has 1 aliphatic rings. The summed E-state index contributed by atoms with van der Waals surface area (Å²) in [6.07, 6.45) is 0. The number of anilines is 1. The summed E-state index contributed by atoms with van der Waals surface area (Å²) in [5.41, 5.74) is -0.698. The van der Waals surface area contributed by atoms with Gasteiger partial charge in [0.15, 0.2) is 0 Å². The predicted octanol–water partition coefficient (Wildman–Crippen LogP) is 1.80. The number of carboxylic acid groups (broad SMARTS) is 1. The van der Waals surface area contributed by atoms with Gasteiger partial charge in [-0.2, -0.15) is 0 Å². The maximum atomic E-state index is 12.6. The van der Waals surface area contributed by atoms with Crippen molar-refractivity contribution in [3.63, 3.8) is 0 Å². The van der Waals surface area contributed by atoms with Crippen LogP contribution < -0.4 is 10.2 Å². The summed E-state index contributed by atoms with van der Waals surface area (Å²) in [5.74, 6) is -1.65. The number of hydrogen-bond acceptors (Lipinski definition) is 3. The van der Waals surface area contributed by atoms with Crippen molar-refractivity contribution < 1.29 is 19.5 Å². The van der Waals surface area contributed by atoms with Crippen molar-refractivity contribution >= 4 is 35.2 Å². The molecule has 3 amide bonds. The Hall–Kier alpha value is -2.28. The molecular formula is C15H18ClN3O4. The number of amides is 3. The zero-order valence-corrected chi connectivity index (χ0v) is 13.8. The van der Waals surface area contributed by atoms with Crippen molar-refractivity contribution in [1.29, 1.82) is 0 Å². The Bertz CT molecular complexity index is 675. The molecule has 0 radical (unpaired) electrons. The Morgan fingerprint density at radius 3 is 2.57 bits per heavy atom. The van der Waals surface area contributed by atoms with Crippen LogP contribution in [0.15, 0.2) is 18.2 Å². The number of carbonyl (C=O) groups excluding carboxylic acids is 2. The molecule has 0 spiro atoms. The summed E-state index contributed by atoms with van der Waals surface area (Å²) in [6, 6.07) is 4.43. The number of halogens is 1. The van der Waals surface area contributed by atoms with Gasteiger partial charge in [-0.05, 0) is 32.0 Å². The number of rotatable bonds is 4. The van der Waals surface area contributed by atoms with Crippen LogP contribution in [0.1, 0.15) is 24.2 Å². The van der Waals surface area contributed by atoms with E-state index in [1.165, 1.54) is 37.9 Å². The van der Waals surface area contributed by atoms with Gasteiger partial charge < -0.3 is 15.3 Å². The number of nitrogens with zero attached hydrogens (tertiary/aromatic N) is 2. The van der Waals surface area contributed by atoms with Gasteiger partial charge in [-0.15, -0.1) is 0 Å². The van der Waals surface area contributed by atoms with E-state index in [1.807, 2.05) is 0 Å². The Morgan fingerprint density at radius 1 is 1.39 bits per heavy atom. The van der Waals surface area contributed by atoms with Crippen molar-refractivity contribution in [2.75, 3.05) is 25.0 Å². The summed E-state index contributed by atoms with van der Waals surface area (Å²) < 4.78 is 0. The molecule has 0 atom stereocenters. The maximum absolute atomic E-state index is 12.6. The smallest absolute Gasteiger partial charge is 0.329 e. The fourth-order valence-corrected chi connectivity index (χ4v) is 2.34. The van der Waals surface area contributed by atoms with Crippen LogP contribution in [0.3, 0.4) is 0 Å². The average Bonchev–Trinajstić information content (AvgIpc) is 2.92. The zero-order chi connectivity index (χ0) is 17.4. The fourth-order valence-electron chi connectivity index (χ4n) is 2.14. The number of benzene rings is 1. The van der Waals surface area contributed by atoms with Crippen LogP contribution in [0.5, 0.6) is 0 Å². The monoisotopic (exact) mass is 339 g/mol. The standard InChI is InChI=1S/C15H18ClN3O4/c1-15(2,13(21)22)18(3)12(20)10-8-9(4-5-11(10)16)19-7-6-17-14(19)23/h4-5,8H,6-7H2,1-3H3,(H,17,23)(H,21,22). The fraction of sp³-hybridized carbons (Fsp3) is 0.400. The lowest BCUT2D eigenvalue weighted by Gasteiger charge is -2.32. The van der Waals surface area contributed by atoms with Gasteiger partial charge in [-0.1, -0.05) is 11.6 Å². The van der Waals surface area contributed by atoms with Crippen LogP contribution >= 0.6 is 11.6 Å². The molecule has 124 valence electrons. The highest BCUT2D eigenvalue weighted by atomic mass is 35.5. The van der Waals surface area contributed by atoms with E-state index in [1.54, 1.807) is 6.07 Å². The number of carboxylic acids is 1. The normalized spacial score (nSPS) is 14.6. The van der Waals surface area contributed by atoms with Crippen molar-refractivity contribution in [3.8, 4) is 0 Å². The number of aliphatic carboxylic acids is 1. The molecular weight excluding hydrogens is 322 g/mol. The largest absolute Gasteiger partial charge is 0.480 e. The first-order valence-corrected chi connectivity index (χ1v) is 7.40. The second kappa shape index (κ2) is 6.08. The third-order valence-electron chi connectivity index (χ3n) is 4.02. The second-order valence-electron chi connectivity index (χ2n) is 5.78. The quantitative estimate of drug-likeness (QED) is 0.875. The van der Waals surface area contributed by atoms with Gasteiger partial charge in [0.05, 0.1) is 10.6 Å². The minimum atomic E-state index is -1.39. The summed E-state index contributed by atoms with van der Waals surface area (Å²) >= 11 is 6.09.